The fraction of sp³-hybridized carbons (Fsp3) is 0. The first-order chi connectivity index (χ1) is 34.2. The molecule has 0 fully saturated rings. The van der Waals surface area contributed by atoms with Crippen molar-refractivity contribution in [2.45, 2.75) is 0 Å². The first-order valence-corrected chi connectivity index (χ1v) is 23.3. The average molecular weight is 881 g/mol. The summed E-state index contributed by atoms with van der Waals surface area (Å²) in [6.07, 6.45) is 0. The Bertz CT molecular complexity index is 4530. The van der Waals surface area contributed by atoms with Gasteiger partial charge in [-0.05, 0) is 92.5 Å². The summed E-state index contributed by atoms with van der Waals surface area (Å²) in [5.41, 5.74) is 11.6. The summed E-state index contributed by atoms with van der Waals surface area (Å²) in [7, 11) is 0. The second-order valence-electron chi connectivity index (χ2n) is 17.9. The zero-order chi connectivity index (χ0) is 45.2. The fourth-order valence-corrected chi connectivity index (χ4v) is 10.8. The van der Waals surface area contributed by atoms with Crippen molar-refractivity contribution < 1.29 is 8.83 Å². The van der Waals surface area contributed by atoms with Crippen molar-refractivity contribution in [2.24, 2.45) is 0 Å². The molecular formula is C63H36N4O2. The highest BCUT2D eigenvalue weighted by atomic mass is 16.4. The number of benzene rings is 11. The molecule has 6 nitrogen and oxygen atoms in total. The first kappa shape index (κ1) is 37.8. The van der Waals surface area contributed by atoms with Crippen LogP contribution in [0.2, 0.25) is 0 Å². The van der Waals surface area contributed by atoms with Gasteiger partial charge in [-0.25, -0.2) is 15.0 Å². The van der Waals surface area contributed by atoms with Crippen molar-refractivity contribution in [2.75, 3.05) is 0 Å². The van der Waals surface area contributed by atoms with Crippen LogP contribution in [0.1, 0.15) is 0 Å². The zero-order valence-corrected chi connectivity index (χ0v) is 36.9. The Labute approximate surface area is 394 Å². The van der Waals surface area contributed by atoms with Crippen molar-refractivity contribution >= 4 is 98.0 Å². The number of furan rings is 2. The van der Waals surface area contributed by atoms with Crippen LogP contribution in [0.5, 0.6) is 0 Å². The second kappa shape index (κ2) is 14.6. The molecule has 0 saturated heterocycles. The minimum absolute atomic E-state index is 0.636. The highest BCUT2D eigenvalue weighted by Crippen LogP contribution is 2.44. The minimum Gasteiger partial charge on any atom is -0.452 e. The van der Waals surface area contributed by atoms with Gasteiger partial charge in [0.15, 0.2) is 28.6 Å². The highest BCUT2D eigenvalue weighted by molar-refractivity contribution is 6.26. The van der Waals surface area contributed by atoms with Crippen LogP contribution in [0.25, 0.3) is 149 Å². The quantitative estimate of drug-likeness (QED) is 0.161. The molecule has 0 radical (unpaired) electrons. The molecule has 4 heterocycles. The van der Waals surface area contributed by atoms with Gasteiger partial charge in [0.25, 0.3) is 0 Å². The molecule has 0 bridgehead atoms. The summed E-state index contributed by atoms with van der Waals surface area (Å²) in [4.78, 5) is 15.1. The Hall–Kier alpha value is -9.39. The molecule has 15 aromatic rings. The molecule has 0 spiro atoms. The van der Waals surface area contributed by atoms with Crippen molar-refractivity contribution in [1.29, 1.82) is 0 Å². The third-order valence-electron chi connectivity index (χ3n) is 14.0. The average Bonchev–Trinajstić information content (AvgIpc) is 4.11. The lowest BCUT2D eigenvalue weighted by molar-refractivity contribution is 0.634. The largest absolute Gasteiger partial charge is 0.452 e. The number of hydrogen-bond donors (Lipinski definition) is 0. The van der Waals surface area contributed by atoms with Crippen LogP contribution in [0, 0.1) is 0 Å². The number of rotatable bonds is 5. The van der Waals surface area contributed by atoms with Gasteiger partial charge in [0, 0.05) is 60.3 Å². The maximum Gasteiger partial charge on any atom is 0.178 e. The molecule has 6 heteroatoms. The lowest BCUT2D eigenvalue weighted by Gasteiger charge is -2.15. The molecule has 15 rings (SSSR count). The molecule has 0 N–H and O–H groups in total. The predicted octanol–water partition coefficient (Wildman–Crippen LogP) is 16.9. The van der Waals surface area contributed by atoms with E-state index in [1.807, 2.05) is 78.9 Å². The SMILES string of the molecule is c1ccc(-c2nc(-c3ccccc3)nc(-c3ccc4c5ccc(-n6c7ccccc7c7cc(-c8cccc9c8oc8c9ccc9c%10ccccc%10oc98)ccc76)cc5c5ccccc5c4c3)n2)cc1. The Balaban J connectivity index is 0.880. The fourth-order valence-electron chi connectivity index (χ4n) is 10.8. The molecule has 0 amide bonds. The summed E-state index contributed by atoms with van der Waals surface area (Å²) >= 11 is 0. The monoisotopic (exact) mass is 880 g/mol. The van der Waals surface area contributed by atoms with Gasteiger partial charge in [-0.3, -0.25) is 0 Å². The molecular weight excluding hydrogens is 845 g/mol. The third-order valence-corrected chi connectivity index (χ3v) is 14.0. The molecule has 0 aliphatic heterocycles. The van der Waals surface area contributed by atoms with Gasteiger partial charge in [-0.1, -0.05) is 164 Å². The van der Waals surface area contributed by atoms with Crippen LogP contribution in [-0.4, -0.2) is 19.5 Å². The van der Waals surface area contributed by atoms with Crippen LogP contribution < -0.4 is 0 Å². The van der Waals surface area contributed by atoms with Gasteiger partial charge in [0.05, 0.1) is 11.0 Å². The molecule has 0 atom stereocenters. The minimum atomic E-state index is 0.636. The van der Waals surface area contributed by atoms with Crippen LogP contribution in [0.3, 0.4) is 0 Å². The Morgan fingerprint density at radius 3 is 1.51 bits per heavy atom. The summed E-state index contributed by atoms with van der Waals surface area (Å²) < 4.78 is 15.6. The van der Waals surface area contributed by atoms with Gasteiger partial charge in [-0.2, -0.15) is 0 Å². The van der Waals surface area contributed by atoms with Gasteiger partial charge < -0.3 is 13.4 Å². The van der Waals surface area contributed by atoms with Crippen LogP contribution in [0.4, 0.5) is 0 Å². The number of para-hydroxylation sites is 3. The molecule has 320 valence electrons. The standard InChI is InChI=1S/C63H36N4O2/c1-3-14-37(15-4-1)61-64-62(38-16-5-2-6-17-38)66-63(65-61)40-26-29-45-46-30-28-41(36-53(46)44-19-8-7-18-43(44)52(45)35-40)67-55-24-11-9-20-47(55)54-34-39(27-33-56(54)67)42-22-13-23-49-51-32-31-50-48-21-10-12-25-57(48)68-59(50)60(51)69-58(42)49/h1-36H. The lowest BCUT2D eigenvalue weighted by atomic mass is 9.93. The Kier molecular flexibility index (Phi) is 7.97. The molecule has 4 aromatic heterocycles. The Morgan fingerprint density at radius 1 is 0.275 bits per heavy atom. The first-order valence-electron chi connectivity index (χ1n) is 23.3. The summed E-state index contributed by atoms with van der Waals surface area (Å²) in [5.74, 6) is 1.92. The second-order valence-corrected chi connectivity index (χ2v) is 17.9. The summed E-state index contributed by atoms with van der Waals surface area (Å²) in [6.45, 7) is 0. The van der Waals surface area contributed by atoms with Crippen LogP contribution >= 0.6 is 0 Å². The van der Waals surface area contributed by atoms with E-state index >= 15 is 0 Å². The molecule has 0 saturated carbocycles. The van der Waals surface area contributed by atoms with Gasteiger partial charge >= 0.3 is 0 Å². The van der Waals surface area contributed by atoms with E-state index in [-0.39, 0.29) is 0 Å². The van der Waals surface area contributed by atoms with Gasteiger partial charge in [0.1, 0.15) is 11.2 Å². The number of hydrogen-bond acceptors (Lipinski definition) is 5. The molecule has 11 aromatic carbocycles. The zero-order valence-electron chi connectivity index (χ0n) is 36.9. The third kappa shape index (κ3) is 5.69. The van der Waals surface area contributed by atoms with Crippen molar-refractivity contribution in [1.82, 2.24) is 19.5 Å². The van der Waals surface area contributed by atoms with Gasteiger partial charge in [-0.15, -0.1) is 0 Å². The lowest BCUT2D eigenvalue weighted by Crippen LogP contribution is -2.00. The molecule has 0 aliphatic carbocycles. The number of fused-ring (bicyclic) bond motifs is 16. The summed E-state index contributed by atoms with van der Waals surface area (Å²) in [6, 6.07) is 77.0. The maximum absolute atomic E-state index is 6.83. The normalized spacial score (nSPS) is 12.1. The number of nitrogens with zero attached hydrogens (tertiary/aromatic N) is 4. The number of aromatic nitrogens is 4. The van der Waals surface area contributed by atoms with Crippen LogP contribution in [0.15, 0.2) is 227 Å². The van der Waals surface area contributed by atoms with E-state index in [4.69, 9.17) is 23.8 Å². The highest BCUT2D eigenvalue weighted by Gasteiger charge is 2.21. The smallest absolute Gasteiger partial charge is 0.178 e. The van der Waals surface area contributed by atoms with E-state index < -0.39 is 0 Å². The van der Waals surface area contributed by atoms with Crippen molar-refractivity contribution in [3.05, 3.63) is 218 Å². The van der Waals surface area contributed by atoms with E-state index in [1.165, 1.54) is 37.7 Å². The molecule has 0 unspecified atom stereocenters. The van der Waals surface area contributed by atoms with Crippen LogP contribution in [-0.2, 0) is 0 Å². The maximum atomic E-state index is 6.83. The molecule has 0 aliphatic rings. The van der Waals surface area contributed by atoms with Gasteiger partial charge in [0.2, 0.25) is 0 Å². The Morgan fingerprint density at radius 2 is 0.768 bits per heavy atom. The van der Waals surface area contributed by atoms with Crippen molar-refractivity contribution in [3.63, 3.8) is 0 Å². The van der Waals surface area contributed by atoms with E-state index in [0.29, 0.717) is 17.5 Å². The summed E-state index contributed by atoms with van der Waals surface area (Å²) in [5, 5.41) is 13.7. The predicted molar refractivity (Wildman–Crippen MR) is 283 cm³/mol. The topological polar surface area (TPSA) is 69.9 Å². The van der Waals surface area contributed by atoms with E-state index in [0.717, 1.165) is 93.8 Å². The van der Waals surface area contributed by atoms with Crippen molar-refractivity contribution in [3.8, 4) is 51.0 Å². The molecule has 69 heavy (non-hydrogen) atoms. The van der Waals surface area contributed by atoms with E-state index in [9.17, 15) is 0 Å². The van der Waals surface area contributed by atoms with E-state index in [1.54, 1.807) is 0 Å². The van der Waals surface area contributed by atoms with E-state index in [2.05, 4.69) is 144 Å².